The summed E-state index contributed by atoms with van der Waals surface area (Å²) in [6.45, 7) is 5.34. The number of ether oxygens (including phenoxy) is 3. The van der Waals surface area contributed by atoms with Crippen LogP contribution in [0.5, 0.6) is 17.2 Å². The first-order valence-electron chi connectivity index (χ1n) is 8.96. The Morgan fingerprint density at radius 1 is 0.893 bits per heavy atom. The average Bonchev–Trinajstić information content (AvgIpc) is 2.68. The first kappa shape index (κ1) is 23.9. The molecule has 7 heteroatoms. The molecule has 28 heavy (non-hydrogen) atoms. The molecule has 0 aromatic heterocycles. The Balaban J connectivity index is 0.00000392. The van der Waals surface area contributed by atoms with Crippen molar-refractivity contribution in [2.75, 3.05) is 21.3 Å². The highest BCUT2D eigenvalue weighted by Gasteiger charge is 2.05. The zero-order chi connectivity index (χ0) is 19.6. The summed E-state index contributed by atoms with van der Waals surface area (Å²) in [4.78, 5) is 4.27. The van der Waals surface area contributed by atoms with E-state index in [2.05, 4.69) is 15.6 Å². The van der Waals surface area contributed by atoms with Crippen LogP contribution in [-0.4, -0.2) is 33.3 Å². The molecule has 0 amide bonds. The maximum atomic E-state index is 5.66. The van der Waals surface area contributed by atoms with Crippen molar-refractivity contribution in [3.63, 3.8) is 0 Å². The average molecular weight is 499 g/mol. The van der Waals surface area contributed by atoms with Crippen LogP contribution >= 0.6 is 24.0 Å². The Hall–Kier alpha value is -2.16. The van der Waals surface area contributed by atoms with Crippen LogP contribution in [-0.2, 0) is 13.1 Å². The van der Waals surface area contributed by atoms with Gasteiger partial charge in [-0.3, -0.25) is 4.99 Å². The molecule has 154 valence electrons. The van der Waals surface area contributed by atoms with Crippen LogP contribution in [0.2, 0.25) is 0 Å². The highest BCUT2D eigenvalue weighted by atomic mass is 127. The third-order valence-corrected chi connectivity index (χ3v) is 3.89. The maximum Gasteiger partial charge on any atom is 0.191 e. The molecule has 0 radical (unpaired) electrons. The van der Waals surface area contributed by atoms with E-state index in [1.165, 1.54) is 0 Å². The topological polar surface area (TPSA) is 64.1 Å². The van der Waals surface area contributed by atoms with Crippen molar-refractivity contribution in [1.82, 2.24) is 10.6 Å². The van der Waals surface area contributed by atoms with Gasteiger partial charge in [0.05, 0.1) is 20.3 Å². The lowest BCUT2D eigenvalue weighted by Crippen LogP contribution is -2.36. The summed E-state index contributed by atoms with van der Waals surface area (Å²) >= 11 is 0. The van der Waals surface area contributed by atoms with Gasteiger partial charge in [0.25, 0.3) is 0 Å². The monoisotopic (exact) mass is 499 g/mol. The minimum Gasteiger partial charge on any atom is -0.493 e. The van der Waals surface area contributed by atoms with Crippen molar-refractivity contribution in [1.29, 1.82) is 0 Å². The van der Waals surface area contributed by atoms with Gasteiger partial charge in [-0.2, -0.15) is 0 Å². The number of hydrogen-bond donors (Lipinski definition) is 2. The van der Waals surface area contributed by atoms with Gasteiger partial charge in [0.1, 0.15) is 5.75 Å². The number of nitrogens with one attached hydrogen (secondary N) is 2. The predicted molar refractivity (Wildman–Crippen MR) is 124 cm³/mol. The highest BCUT2D eigenvalue weighted by molar-refractivity contribution is 14.0. The van der Waals surface area contributed by atoms with E-state index < -0.39 is 0 Å². The number of aliphatic imine (C=N–C) groups is 1. The summed E-state index contributed by atoms with van der Waals surface area (Å²) in [6, 6.07) is 13.9. The summed E-state index contributed by atoms with van der Waals surface area (Å²) in [5.41, 5.74) is 2.23. The van der Waals surface area contributed by atoms with Gasteiger partial charge in [-0.15, -0.1) is 24.0 Å². The Labute approximate surface area is 184 Å². The van der Waals surface area contributed by atoms with Gasteiger partial charge in [0.2, 0.25) is 0 Å². The molecule has 0 aliphatic rings. The molecular weight excluding hydrogens is 469 g/mol. The quantitative estimate of drug-likeness (QED) is 0.327. The zero-order valence-corrected chi connectivity index (χ0v) is 19.4. The zero-order valence-electron chi connectivity index (χ0n) is 17.1. The molecule has 6 nitrogen and oxygen atoms in total. The van der Waals surface area contributed by atoms with E-state index in [1.54, 1.807) is 21.3 Å². The molecule has 0 spiro atoms. The lowest BCUT2D eigenvalue weighted by Gasteiger charge is -2.14. The summed E-state index contributed by atoms with van der Waals surface area (Å²) < 4.78 is 16.3. The molecular formula is C21H30IN3O3. The fraction of sp³-hybridized carbons (Fsp3) is 0.381. The van der Waals surface area contributed by atoms with Crippen molar-refractivity contribution >= 4 is 29.9 Å². The molecule has 0 aliphatic carbocycles. The number of nitrogens with zero attached hydrogens (tertiary/aromatic N) is 1. The molecule has 0 fully saturated rings. The molecule has 0 aliphatic heterocycles. The van der Waals surface area contributed by atoms with Gasteiger partial charge in [-0.25, -0.2) is 0 Å². The van der Waals surface area contributed by atoms with Crippen LogP contribution in [0, 0.1) is 0 Å². The standard InChI is InChI=1S/C21H29N3O3.HI/c1-15(2)27-18-9-6-16(7-10-18)13-23-21(22-3)24-14-17-8-11-19(25-4)20(12-17)26-5;/h6-12,15H,13-14H2,1-5H3,(H2,22,23,24);1H. The number of hydrogen-bond acceptors (Lipinski definition) is 4. The SMILES string of the molecule is CN=C(NCc1ccc(OC(C)C)cc1)NCc1ccc(OC)c(OC)c1.I. The molecule has 0 heterocycles. The maximum absolute atomic E-state index is 5.66. The van der Waals surface area contributed by atoms with Crippen molar-refractivity contribution in [2.45, 2.75) is 33.0 Å². The van der Waals surface area contributed by atoms with Crippen LogP contribution in [0.4, 0.5) is 0 Å². The number of benzene rings is 2. The van der Waals surface area contributed by atoms with Crippen molar-refractivity contribution in [3.8, 4) is 17.2 Å². The molecule has 2 aromatic rings. The van der Waals surface area contributed by atoms with Crippen LogP contribution in [0.25, 0.3) is 0 Å². The summed E-state index contributed by atoms with van der Waals surface area (Å²) in [7, 11) is 5.01. The minimum atomic E-state index is 0. The fourth-order valence-electron chi connectivity index (χ4n) is 2.54. The van der Waals surface area contributed by atoms with Crippen LogP contribution < -0.4 is 24.8 Å². The smallest absolute Gasteiger partial charge is 0.191 e. The van der Waals surface area contributed by atoms with E-state index in [1.807, 2.05) is 56.3 Å². The van der Waals surface area contributed by atoms with Gasteiger partial charge >= 0.3 is 0 Å². The summed E-state index contributed by atoms with van der Waals surface area (Å²) in [5.74, 6) is 3.04. The number of halogens is 1. The molecule has 2 aromatic carbocycles. The normalized spacial score (nSPS) is 10.9. The Morgan fingerprint density at radius 2 is 1.46 bits per heavy atom. The van der Waals surface area contributed by atoms with E-state index in [0.717, 1.165) is 22.8 Å². The largest absolute Gasteiger partial charge is 0.493 e. The van der Waals surface area contributed by atoms with Crippen LogP contribution in [0.3, 0.4) is 0 Å². The van der Waals surface area contributed by atoms with Gasteiger partial charge in [0, 0.05) is 20.1 Å². The second-order valence-electron chi connectivity index (χ2n) is 6.28. The van der Waals surface area contributed by atoms with E-state index in [4.69, 9.17) is 14.2 Å². The van der Waals surface area contributed by atoms with Gasteiger partial charge in [-0.05, 0) is 49.2 Å². The van der Waals surface area contributed by atoms with E-state index in [-0.39, 0.29) is 30.1 Å². The number of rotatable bonds is 8. The van der Waals surface area contributed by atoms with E-state index in [0.29, 0.717) is 24.6 Å². The summed E-state index contributed by atoms with van der Waals surface area (Å²) in [6.07, 6.45) is 0.175. The number of methoxy groups -OCH3 is 2. The Bertz CT molecular complexity index is 749. The molecule has 0 bridgehead atoms. The first-order valence-corrected chi connectivity index (χ1v) is 8.96. The predicted octanol–water partition coefficient (Wildman–Crippen LogP) is 3.97. The van der Waals surface area contributed by atoms with Crippen molar-refractivity contribution in [3.05, 3.63) is 53.6 Å². The Kier molecular flexibility index (Phi) is 10.5. The van der Waals surface area contributed by atoms with Gasteiger partial charge in [-0.1, -0.05) is 18.2 Å². The lowest BCUT2D eigenvalue weighted by molar-refractivity contribution is 0.242. The van der Waals surface area contributed by atoms with Crippen molar-refractivity contribution < 1.29 is 14.2 Å². The highest BCUT2D eigenvalue weighted by Crippen LogP contribution is 2.27. The fourth-order valence-corrected chi connectivity index (χ4v) is 2.54. The van der Waals surface area contributed by atoms with Crippen LogP contribution in [0.1, 0.15) is 25.0 Å². The number of guanidine groups is 1. The minimum absolute atomic E-state index is 0. The third kappa shape index (κ3) is 7.46. The summed E-state index contributed by atoms with van der Waals surface area (Å²) in [5, 5.41) is 6.61. The lowest BCUT2D eigenvalue weighted by atomic mass is 10.2. The second-order valence-corrected chi connectivity index (χ2v) is 6.28. The third-order valence-electron chi connectivity index (χ3n) is 3.89. The van der Waals surface area contributed by atoms with Gasteiger partial charge < -0.3 is 24.8 Å². The van der Waals surface area contributed by atoms with Crippen LogP contribution in [0.15, 0.2) is 47.5 Å². The molecule has 2 N–H and O–H groups in total. The van der Waals surface area contributed by atoms with E-state index >= 15 is 0 Å². The van der Waals surface area contributed by atoms with E-state index in [9.17, 15) is 0 Å². The molecule has 2 rings (SSSR count). The first-order chi connectivity index (χ1) is 13.0. The van der Waals surface area contributed by atoms with Gasteiger partial charge in [0.15, 0.2) is 17.5 Å². The van der Waals surface area contributed by atoms with Crippen molar-refractivity contribution in [2.24, 2.45) is 4.99 Å². The molecule has 0 unspecified atom stereocenters. The Morgan fingerprint density at radius 3 is 2.00 bits per heavy atom. The molecule has 0 saturated heterocycles. The molecule has 0 atom stereocenters. The second kappa shape index (κ2) is 12.3. The molecule has 0 saturated carbocycles.